The molecule has 2 saturated heterocycles. The summed E-state index contributed by atoms with van der Waals surface area (Å²) in [4.78, 5) is 2.84. The average Bonchev–Trinajstić information content (AvgIpc) is 3.14. The number of hydrogen-bond donors (Lipinski definition) is 1. The number of nitrogens with one attached hydrogen (secondary N) is 1. The minimum Gasteiger partial charge on any atom is -0.376 e. The first-order valence-corrected chi connectivity index (χ1v) is 9.99. The quantitative estimate of drug-likeness (QED) is 0.851. The predicted molar refractivity (Wildman–Crippen MR) is 87.5 cm³/mol. The first kappa shape index (κ1) is 15.6. The van der Waals surface area contributed by atoms with Crippen molar-refractivity contribution in [3.8, 4) is 0 Å². The van der Waals surface area contributed by atoms with Crippen molar-refractivity contribution >= 4 is 10.0 Å². The SMILES string of the molecule is O=S(=O)(NC[C@@H]1CO[C@H]2CN(CC3CC3)C[C@@H]12)c1ccccc1. The van der Waals surface area contributed by atoms with Gasteiger partial charge in [0, 0.05) is 38.0 Å². The highest BCUT2D eigenvalue weighted by Crippen LogP contribution is 2.37. The third-order valence-corrected chi connectivity index (χ3v) is 6.76. The summed E-state index contributed by atoms with van der Waals surface area (Å²) in [5.41, 5.74) is 0. The van der Waals surface area contributed by atoms with Gasteiger partial charge in [0.1, 0.15) is 0 Å². The van der Waals surface area contributed by atoms with Crippen LogP contribution in [0.2, 0.25) is 0 Å². The molecule has 23 heavy (non-hydrogen) atoms. The summed E-state index contributed by atoms with van der Waals surface area (Å²) in [5, 5.41) is 0. The Morgan fingerprint density at radius 2 is 1.96 bits per heavy atom. The maximum atomic E-state index is 12.3. The summed E-state index contributed by atoms with van der Waals surface area (Å²) < 4.78 is 33.4. The van der Waals surface area contributed by atoms with Gasteiger partial charge in [0.25, 0.3) is 0 Å². The molecule has 2 aliphatic heterocycles. The zero-order valence-electron chi connectivity index (χ0n) is 13.2. The van der Waals surface area contributed by atoms with Crippen molar-refractivity contribution in [2.24, 2.45) is 17.8 Å². The normalized spacial score (nSPS) is 31.4. The number of fused-ring (bicyclic) bond motifs is 1. The van der Waals surface area contributed by atoms with E-state index >= 15 is 0 Å². The van der Waals surface area contributed by atoms with Gasteiger partial charge in [-0.05, 0) is 30.9 Å². The van der Waals surface area contributed by atoms with Crippen LogP contribution in [0.3, 0.4) is 0 Å². The van der Waals surface area contributed by atoms with Crippen molar-refractivity contribution in [2.75, 3.05) is 32.8 Å². The van der Waals surface area contributed by atoms with Crippen molar-refractivity contribution < 1.29 is 13.2 Å². The molecule has 0 spiro atoms. The summed E-state index contributed by atoms with van der Waals surface area (Å²) >= 11 is 0. The minimum atomic E-state index is -3.42. The van der Waals surface area contributed by atoms with E-state index in [0.29, 0.717) is 30.1 Å². The maximum absolute atomic E-state index is 12.3. The Hall–Kier alpha value is -0.950. The van der Waals surface area contributed by atoms with E-state index in [4.69, 9.17) is 4.74 Å². The molecule has 1 aromatic rings. The van der Waals surface area contributed by atoms with Crippen LogP contribution in [0.25, 0.3) is 0 Å². The summed E-state index contributed by atoms with van der Waals surface area (Å²) in [5.74, 6) is 1.64. The van der Waals surface area contributed by atoms with E-state index in [1.54, 1.807) is 24.3 Å². The van der Waals surface area contributed by atoms with Gasteiger partial charge in [-0.1, -0.05) is 18.2 Å². The molecule has 0 unspecified atom stereocenters. The number of benzene rings is 1. The third-order valence-electron chi connectivity index (χ3n) is 5.32. The Kier molecular flexibility index (Phi) is 4.17. The van der Waals surface area contributed by atoms with Crippen LogP contribution in [-0.4, -0.2) is 52.2 Å². The lowest BCUT2D eigenvalue weighted by atomic mass is 9.93. The van der Waals surface area contributed by atoms with Crippen LogP contribution in [0.1, 0.15) is 12.8 Å². The van der Waals surface area contributed by atoms with Gasteiger partial charge < -0.3 is 9.64 Å². The lowest BCUT2D eigenvalue weighted by Gasteiger charge is -2.19. The molecule has 0 amide bonds. The summed E-state index contributed by atoms with van der Waals surface area (Å²) in [7, 11) is -3.42. The molecule has 0 bridgehead atoms. The van der Waals surface area contributed by atoms with Crippen molar-refractivity contribution in [3.05, 3.63) is 30.3 Å². The number of nitrogens with zero attached hydrogens (tertiary/aromatic N) is 1. The summed E-state index contributed by atoms with van der Waals surface area (Å²) in [6, 6.07) is 8.57. The third kappa shape index (κ3) is 3.45. The summed E-state index contributed by atoms with van der Waals surface area (Å²) in [6.45, 7) is 4.40. The molecule has 3 aliphatic rings. The number of likely N-dealkylation sites (tertiary alicyclic amines) is 1. The number of hydrogen-bond acceptors (Lipinski definition) is 4. The second-order valence-electron chi connectivity index (χ2n) is 7.12. The first-order chi connectivity index (χ1) is 11.1. The van der Waals surface area contributed by atoms with Crippen molar-refractivity contribution in [3.63, 3.8) is 0 Å². The maximum Gasteiger partial charge on any atom is 0.240 e. The van der Waals surface area contributed by atoms with Gasteiger partial charge in [0.15, 0.2) is 0 Å². The topological polar surface area (TPSA) is 58.6 Å². The highest BCUT2D eigenvalue weighted by molar-refractivity contribution is 7.89. The Balaban J connectivity index is 1.34. The molecule has 1 N–H and O–H groups in total. The molecule has 3 fully saturated rings. The molecule has 6 heteroatoms. The van der Waals surface area contributed by atoms with Gasteiger partial charge in [-0.2, -0.15) is 0 Å². The fourth-order valence-corrected chi connectivity index (χ4v) is 4.92. The molecule has 1 aliphatic carbocycles. The van der Waals surface area contributed by atoms with E-state index < -0.39 is 10.0 Å². The summed E-state index contributed by atoms with van der Waals surface area (Å²) in [6.07, 6.45) is 3.03. The van der Waals surface area contributed by atoms with Crippen LogP contribution < -0.4 is 4.72 Å². The molecule has 0 radical (unpaired) electrons. The van der Waals surface area contributed by atoms with Crippen molar-refractivity contribution in [1.29, 1.82) is 0 Å². The number of sulfonamides is 1. The van der Waals surface area contributed by atoms with E-state index in [1.807, 2.05) is 6.07 Å². The minimum absolute atomic E-state index is 0.280. The van der Waals surface area contributed by atoms with Gasteiger partial charge in [-0.3, -0.25) is 0 Å². The Morgan fingerprint density at radius 1 is 1.17 bits per heavy atom. The molecule has 0 aromatic heterocycles. The zero-order valence-corrected chi connectivity index (χ0v) is 14.0. The number of ether oxygens (including phenoxy) is 1. The molecule has 126 valence electrons. The van der Waals surface area contributed by atoms with Crippen LogP contribution >= 0.6 is 0 Å². The van der Waals surface area contributed by atoms with Gasteiger partial charge >= 0.3 is 0 Å². The predicted octanol–water partition coefficient (Wildman–Crippen LogP) is 1.32. The molecule has 1 saturated carbocycles. The van der Waals surface area contributed by atoms with E-state index in [2.05, 4.69) is 9.62 Å². The van der Waals surface area contributed by atoms with Gasteiger partial charge in [-0.25, -0.2) is 13.1 Å². The Bertz CT molecular complexity index is 645. The Morgan fingerprint density at radius 3 is 2.70 bits per heavy atom. The molecule has 3 atom stereocenters. The number of rotatable bonds is 6. The van der Waals surface area contributed by atoms with Gasteiger partial charge in [-0.15, -0.1) is 0 Å². The first-order valence-electron chi connectivity index (χ1n) is 8.50. The average molecular weight is 336 g/mol. The fraction of sp³-hybridized carbons (Fsp3) is 0.647. The van der Waals surface area contributed by atoms with E-state index in [9.17, 15) is 8.42 Å². The smallest absolute Gasteiger partial charge is 0.240 e. The van der Waals surface area contributed by atoms with E-state index in [0.717, 1.165) is 19.0 Å². The van der Waals surface area contributed by atoms with Gasteiger partial charge in [0.05, 0.1) is 17.6 Å². The molecule has 4 rings (SSSR count). The standard InChI is InChI=1S/C17H24N2O3S/c20-23(21,15-4-2-1-3-5-15)18-8-14-12-22-17-11-19(10-16(14)17)9-13-6-7-13/h1-5,13-14,16-18H,6-12H2/t14-,16+,17+/m1/s1. The largest absolute Gasteiger partial charge is 0.376 e. The second-order valence-corrected chi connectivity index (χ2v) is 8.89. The molecule has 1 aromatic carbocycles. The molecule has 2 heterocycles. The van der Waals surface area contributed by atoms with Crippen LogP contribution in [0.15, 0.2) is 35.2 Å². The molecule has 5 nitrogen and oxygen atoms in total. The van der Waals surface area contributed by atoms with Gasteiger partial charge in [0.2, 0.25) is 10.0 Å². The van der Waals surface area contributed by atoms with Crippen LogP contribution in [-0.2, 0) is 14.8 Å². The monoisotopic (exact) mass is 336 g/mol. The zero-order chi connectivity index (χ0) is 15.9. The molecular weight excluding hydrogens is 312 g/mol. The van der Waals surface area contributed by atoms with Crippen LogP contribution in [0.4, 0.5) is 0 Å². The van der Waals surface area contributed by atoms with Crippen molar-refractivity contribution in [2.45, 2.75) is 23.8 Å². The fourth-order valence-electron chi connectivity index (χ4n) is 3.80. The van der Waals surface area contributed by atoms with Crippen molar-refractivity contribution in [1.82, 2.24) is 9.62 Å². The van der Waals surface area contributed by atoms with E-state index in [1.165, 1.54) is 19.4 Å². The Labute approximate surface area is 138 Å². The second kappa shape index (κ2) is 6.16. The lowest BCUT2D eigenvalue weighted by molar-refractivity contribution is 0.0946. The van der Waals surface area contributed by atoms with Crippen LogP contribution in [0, 0.1) is 17.8 Å². The highest BCUT2D eigenvalue weighted by atomic mass is 32.2. The highest BCUT2D eigenvalue weighted by Gasteiger charge is 2.44. The lowest BCUT2D eigenvalue weighted by Crippen LogP contribution is -2.34. The van der Waals surface area contributed by atoms with E-state index in [-0.39, 0.29) is 5.92 Å². The molecular formula is C17H24N2O3S. The van der Waals surface area contributed by atoms with Crippen LogP contribution in [0.5, 0.6) is 0 Å².